The van der Waals surface area contributed by atoms with Crippen molar-refractivity contribution in [2.45, 2.75) is 19.4 Å². The second-order valence-corrected chi connectivity index (χ2v) is 4.15. The number of benzene rings is 1. The summed E-state index contributed by atoms with van der Waals surface area (Å²) in [6.07, 6.45) is 0. The zero-order chi connectivity index (χ0) is 13.6. The monoisotopic (exact) mass is 256 g/mol. The van der Waals surface area contributed by atoms with Crippen molar-refractivity contribution < 1.29 is 29.8 Å². The predicted octanol–water partition coefficient (Wildman–Crippen LogP) is 1.44. The van der Waals surface area contributed by atoms with Gasteiger partial charge in [0, 0.05) is 5.56 Å². The van der Waals surface area contributed by atoms with Crippen molar-refractivity contribution in [3.63, 3.8) is 0 Å². The van der Waals surface area contributed by atoms with Crippen molar-refractivity contribution in [3.8, 4) is 5.75 Å². The average Bonchev–Trinajstić information content (AvgIpc) is 2.33. The molecule has 1 aromatic rings. The molecule has 0 aliphatic rings. The molecule has 1 rings (SSSR count). The van der Waals surface area contributed by atoms with Gasteiger partial charge in [-0.2, -0.15) is 4.89 Å². The molecule has 18 heavy (non-hydrogen) atoms. The molecule has 100 valence electrons. The minimum absolute atomic E-state index is 0.00469. The van der Waals surface area contributed by atoms with Crippen molar-refractivity contribution >= 4 is 5.78 Å². The molecule has 0 spiro atoms. The smallest absolute Gasteiger partial charge is 0.193 e. The van der Waals surface area contributed by atoms with Crippen LogP contribution in [0.25, 0.3) is 0 Å². The van der Waals surface area contributed by atoms with E-state index in [1.54, 1.807) is 12.1 Å². The molecule has 1 aromatic carbocycles. The molecule has 6 nitrogen and oxygen atoms in total. The van der Waals surface area contributed by atoms with Gasteiger partial charge in [-0.1, -0.05) is 0 Å². The highest BCUT2D eigenvalue weighted by Crippen LogP contribution is 2.17. The summed E-state index contributed by atoms with van der Waals surface area (Å²) in [5.74, 6) is 0.0314. The second kappa shape index (κ2) is 6.46. The molecule has 0 saturated heterocycles. The highest BCUT2D eigenvalue weighted by molar-refractivity contribution is 6.01. The Hall–Kier alpha value is -1.47. The van der Waals surface area contributed by atoms with Crippen molar-refractivity contribution in [1.29, 1.82) is 0 Å². The summed E-state index contributed by atoms with van der Waals surface area (Å²) < 4.78 is 0. The molecule has 0 fully saturated rings. The first-order valence-electron chi connectivity index (χ1n) is 5.38. The number of aliphatic hydroxyl groups is 1. The Morgan fingerprint density at radius 3 is 2.33 bits per heavy atom. The fourth-order valence-electron chi connectivity index (χ4n) is 1.20. The number of rotatable bonds is 7. The third kappa shape index (κ3) is 4.42. The fraction of sp³-hybridized carbons (Fsp3) is 0.417. The quantitative estimate of drug-likeness (QED) is 0.332. The summed E-state index contributed by atoms with van der Waals surface area (Å²) in [4.78, 5) is 25.1. The first kappa shape index (κ1) is 14.6. The molecule has 0 radical (unpaired) electrons. The summed E-state index contributed by atoms with van der Waals surface area (Å²) in [6, 6.07) is 6.14. The largest absolute Gasteiger partial charge is 0.382 e. The van der Waals surface area contributed by atoms with Crippen LogP contribution in [0, 0.1) is 0 Å². The molecular weight excluding hydrogens is 240 g/mol. The van der Waals surface area contributed by atoms with Crippen LogP contribution in [0.3, 0.4) is 0 Å². The van der Waals surface area contributed by atoms with Crippen LogP contribution in [0.1, 0.15) is 24.2 Å². The van der Waals surface area contributed by atoms with Gasteiger partial charge in [0.15, 0.2) is 11.5 Å². The maximum absolute atomic E-state index is 11.7. The molecule has 2 N–H and O–H groups in total. The maximum atomic E-state index is 11.7. The molecule has 0 atom stereocenters. The van der Waals surface area contributed by atoms with Crippen LogP contribution < -0.4 is 4.89 Å². The SMILES string of the molecule is CC(C)(O)C(=O)c1ccc(OOCCOO)cc1. The molecule has 0 saturated carbocycles. The Labute approximate surface area is 105 Å². The minimum atomic E-state index is -1.41. The first-order chi connectivity index (χ1) is 8.45. The van der Waals surface area contributed by atoms with Gasteiger partial charge in [0.05, 0.1) is 0 Å². The topological polar surface area (TPSA) is 85.2 Å². The van der Waals surface area contributed by atoms with Gasteiger partial charge >= 0.3 is 0 Å². The fourth-order valence-corrected chi connectivity index (χ4v) is 1.20. The van der Waals surface area contributed by atoms with Crippen molar-refractivity contribution in [2.24, 2.45) is 0 Å². The lowest BCUT2D eigenvalue weighted by atomic mass is 9.97. The lowest BCUT2D eigenvalue weighted by Gasteiger charge is -2.15. The zero-order valence-corrected chi connectivity index (χ0v) is 10.3. The number of ketones is 1. The summed E-state index contributed by atoms with van der Waals surface area (Å²) in [5.41, 5.74) is -1.02. The third-order valence-corrected chi connectivity index (χ3v) is 2.09. The number of Topliss-reactive ketones (excluding diaryl/α,β-unsaturated/α-hetero) is 1. The number of hydrogen-bond donors (Lipinski definition) is 2. The van der Waals surface area contributed by atoms with E-state index in [-0.39, 0.29) is 19.0 Å². The Kier molecular flexibility index (Phi) is 5.24. The van der Waals surface area contributed by atoms with Gasteiger partial charge in [0.25, 0.3) is 0 Å². The van der Waals surface area contributed by atoms with Crippen LogP contribution in [0.2, 0.25) is 0 Å². The molecule has 0 unspecified atom stereocenters. The highest BCUT2D eigenvalue weighted by Gasteiger charge is 2.24. The van der Waals surface area contributed by atoms with E-state index in [1.807, 2.05) is 0 Å². The summed E-state index contributed by atoms with van der Waals surface area (Å²) >= 11 is 0. The second-order valence-electron chi connectivity index (χ2n) is 4.15. The predicted molar refractivity (Wildman–Crippen MR) is 62.2 cm³/mol. The van der Waals surface area contributed by atoms with Crippen molar-refractivity contribution in [1.82, 2.24) is 0 Å². The number of hydrogen-bond acceptors (Lipinski definition) is 6. The standard InChI is InChI=1S/C12H16O6/c1-12(2,14)11(13)9-3-5-10(6-4-9)18-17-8-7-16-15/h3-6,14-15H,7-8H2,1-2H3. The van der Waals surface area contributed by atoms with E-state index in [2.05, 4.69) is 4.89 Å². The summed E-state index contributed by atoms with van der Waals surface area (Å²) in [6.45, 7) is 2.92. The molecular formula is C12H16O6. The normalized spacial score (nSPS) is 11.3. The van der Waals surface area contributed by atoms with Gasteiger partial charge in [0.1, 0.15) is 18.8 Å². The van der Waals surface area contributed by atoms with E-state index >= 15 is 0 Å². The Balaban J connectivity index is 2.55. The van der Waals surface area contributed by atoms with Crippen LogP contribution >= 0.6 is 0 Å². The molecule has 0 heterocycles. The molecule has 0 aliphatic heterocycles. The number of carbonyl (C=O) groups excluding carboxylic acids is 1. The van der Waals surface area contributed by atoms with E-state index in [0.29, 0.717) is 11.3 Å². The highest BCUT2D eigenvalue weighted by atomic mass is 17.2. The molecule has 0 amide bonds. The maximum Gasteiger partial charge on any atom is 0.193 e. The van der Waals surface area contributed by atoms with Crippen LogP contribution in [0.4, 0.5) is 0 Å². The van der Waals surface area contributed by atoms with Gasteiger partial charge in [-0.3, -0.25) is 10.1 Å². The first-order valence-corrected chi connectivity index (χ1v) is 5.38. The van der Waals surface area contributed by atoms with Crippen LogP contribution in [0.15, 0.2) is 24.3 Å². The van der Waals surface area contributed by atoms with Gasteiger partial charge in [-0.05, 0) is 38.1 Å². The Bertz CT molecular complexity index is 379. The van der Waals surface area contributed by atoms with Crippen LogP contribution in [0.5, 0.6) is 5.75 Å². The molecule has 6 heteroatoms. The van der Waals surface area contributed by atoms with E-state index in [0.717, 1.165) is 0 Å². The number of carbonyl (C=O) groups is 1. The summed E-state index contributed by atoms with van der Waals surface area (Å²) in [7, 11) is 0. The van der Waals surface area contributed by atoms with Gasteiger partial charge in [0.2, 0.25) is 0 Å². The van der Waals surface area contributed by atoms with Crippen molar-refractivity contribution in [3.05, 3.63) is 29.8 Å². The Morgan fingerprint density at radius 2 is 1.83 bits per heavy atom. The van der Waals surface area contributed by atoms with Gasteiger partial charge in [-0.15, -0.1) is 0 Å². The van der Waals surface area contributed by atoms with E-state index in [1.165, 1.54) is 26.0 Å². The summed E-state index contributed by atoms with van der Waals surface area (Å²) in [5, 5.41) is 17.6. The van der Waals surface area contributed by atoms with E-state index < -0.39 is 5.60 Å². The van der Waals surface area contributed by atoms with Gasteiger partial charge in [-0.25, -0.2) is 4.89 Å². The Morgan fingerprint density at radius 1 is 1.22 bits per heavy atom. The van der Waals surface area contributed by atoms with Crippen LogP contribution in [-0.4, -0.2) is 35.0 Å². The van der Waals surface area contributed by atoms with E-state index in [4.69, 9.17) is 15.0 Å². The molecule has 0 bridgehead atoms. The average molecular weight is 256 g/mol. The molecule has 0 aliphatic carbocycles. The van der Waals surface area contributed by atoms with E-state index in [9.17, 15) is 9.90 Å². The minimum Gasteiger partial charge on any atom is -0.382 e. The molecule has 0 aromatic heterocycles. The lowest BCUT2D eigenvalue weighted by molar-refractivity contribution is -0.281. The zero-order valence-electron chi connectivity index (χ0n) is 10.3. The van der Waals surface area contributed by atoms with Crippen molar-refractivity contribution in [2.75, 3.05) is 13.2 Å². The van der Waals surface area contributed by atoms with Gasteiger partial charge < -0.3 is 9.99 Å². The lowest BCUT2D eigenvalue weighted by Crippen LogP contribution is -2.30. The third-order valence-electron chi connectivity index (χ3n) is 2.09. The van der Waals surface area contributed by atoms with Crippen LogP contribution in [-0.2, 0) is 9.78 Å².